The van der Waals surface area contributed by atoms with Crippen molar-refractivity contribution >= 4 is 0 Å². The summed E-state index contributed by atoms with van der Waals surface area (Å²) in [7, 11) is 0. The van der Waals surface area contributed by atoms with Crippen molar-refractivity contribution < 1.29 is 5.11 Å². The van der Waals surface area contributed by atoms with Crippen LogP contribution in [0, 0.1) is 23.2 Å². The van der Waals surface area contributed by atoms with E-state index in [1.54, 1.807) is 0 Å². The highest BCUT2D eigenvalue weighted by Crippen LogP contribution is 2.66. The first kappa shape index (κ1) is 8.28. The van der Waals surface area contributed by atoms with E-state index >= 15 is 0 Å². The van der Waals surface area contributed by atoms with E-state index in [4.69, 9.17) is 0 Å². The van der Waals surface area contributed by atoms with Gasteiger partial charge in [-0.25, -0.2) is 0 Å². The number of hydrogen-bond acceptors (Lipinski definition) is 1. The predicted molar refractivity (Wildman–Crippen MR) is 52.3 cm³/mol. The van der Waals surface area contributed by atoms with Crippen molar-refractivity contribution in [2.45, 2.75) is 51.6 Å². The Labute approximate surface area is 80.5 Å². The van der Waals surface area contributed by atoms with Crippen LogP contribution in [-0.2, 0) is 0 Å². The lowest BCUT2D eigenvalue weighted by Gasteiger charge is -2.38. The molecule has 0 spiro atoms. The van der Waals surface area contributed by atoms with Gasteiger partial charge in [0.05, 0.1) is 6.10 Å². The first-order chi connectivity index (χ1) is 6.24. The van der Waals surface area contributed by atoms with Crippen LogP contribution < -0.4 is 0 Å². The summed E-state index contributed by atoms with van der Waals surface area (Å²) in [4.78, 5) is 0. The molecule has 3 aliphatic carbocycles. The normalized spacial score (nSPS) is 55.4. The lowest BCUT2D eigenvalue weighted by molar-refractivity contribution is -0.000482. The van der Waals surface area contributed by atoms with Crippen LogP contribution in [0.5, 0.6) is 0 Å². The summed E-state index contributed by atoms with van der Waals surface area (Å²) in [6, 6.07) is 0. The van der Waals surface area contributed by atoms with Crippen LogP contribution in [0.3, 0.4) is 0 Å². The minimum Gasteiger partial charge on any atom is -0.393 e. The lowest BCUT2D eigenvalue weighted by Crippen LogP contribution is -2.37. The fourth-order valence-corrected chi connectivity index (χ4v) is 4.80. The van der Waals surface area contributed by atoms with Crippen LogP contribution in [0.25, 0.3) is 0 Å². The second kappa shape index (κ2) is 2.50. The summed E-state index contributed by atoms with van der Waals surface area (Å²) in [5, 5.41) is 9.98. The Kier molecular flexibility index (Phi) is 1.59. The Morgan fingerprint density at radius 1 is 1.31 bits per heavy atom. The fourth-order valence-electron chi connectivity index (χ4n) is 4.80. The molecule has 1 N–H and O–H groups in total. The molecule has 74 valence electrons. The maximum Gasteiger partial charge on any atom is 0.0571 e. The van der Waals surface area contributed by atoms with Crippen molar-refractivity contribution in [3.63, 3.8) is 0 Å². The molecular weight excluding hydrogens is 160 g/mol. The Balaban J connectivity index is 1.96. The highest BCUT2D eigenvalue weighted by Gasteiger charge is 2.60. The molecule has 5 unspecified atom stereocenters. The van der Waals surface area contributed by atoms with Gasteiger partial charge in [0.25, 0.3) is 0 Å². The summed E-state index contributed by atoms with van der Waals surface area (Å²) in [5.41, 5.74) is 0.367. The zero-order valence-electron chi connectivity index (χ0n) is 8.50. The molecule has 1 nitrogen and oxygen atoms in total. The van der Waals surface area contributed by atoms with Crippen LogP contribution in [0.1, 0.15) is 45.4 Å². The van der Waals surface area contributed by atoms with Crippen molar-refractivity contribution in [3.05, 3.63) is 0 Å². The van der Waals surface area contributed by atoms with E-state index in [-0.39, 0.29) is 6.10 Å². The van der Waals surface area contributed by atoms with Crippen molar-refractivity contribution in [2.75, 3.05) is 0 Å². The SMILES string of the molecule is CC(O)C12CCC(C1)C1CCCC12. The van der Waals surface area contributed by atoms with Gasteiger partial charge < -0.3 is 5.11 Å². The summed E-state index contributed by atoms with van der Waals surface area (Å²) in [6.45, 7) is 2.03. The molecule has 0 heterocycles. The average molecular weight is 180 g/mol. The molecule has 0 radical (unpaired) electrons. The molecule has 1 heteroatoms. The number of fused-ring (bicyclic) bond motifs is 5. The number of aliphatic hydroxyl groups excluding tert-OH is 1. The van der Waals surface area contributed by atoms with Crippen LogP contribution in [0.15, 0.2) is 0 Å². The van der Waals surface area contributed by atoms with E-state index in [0.29, 0.717) is 5.41 Å². The average Bonchev–Trinajstić information content (AvgIpc) is 2.76. The quantitative estimate of drug-likeness (QED) is 0.657. The Bertz CT molecular complexity index is 223. The smallest absolute Gasteiger partial charge is 0.0571 e. The fraction of sp³-hybridized carbons (Fsp3) is 1.00. The topological polar surface area (TPSA) is 20.2 Å². The molecule has 5 atom stereocenters. The molecule has 0 aromatic heterocycles. The van der Waals surface area contributed by atoms with E-state index < -0.39 is 0 Å². The molecule has 0 amide bonds. The molecule has 3 fully saturated rings. The molecule has 0 aromatic rings. The molecule has 13 heavy (non-hydrogen) atoms. The molecule has 0 aromatic carbocycles. The molecule has 3 rings (SSSR count). The van der Waals surface area contributed by atoms with Crippen LogP contribution in [0.2, 0.25) is 0 Å². The van der Waals surface area contributed by atoms with E-state index in [0.717, 1.165) is 17.8 Å². The standard InChI is InChI=1S/C12H20O/c1-8(13)12-6-5-9(7-12)10-3-2-4-11(10)12/h8-11,13H,2-7H2,1H3. The maximum absolute atomic E-state index is 9.98. The summed E-state index contributed by atoms with van der Waals surface area (Å²) < 4.78 is 0. The third-order valence-electron chi connectivity index (χ3n) is 5.37. The third kappa shape index (κ3) is 0.869. The van der Waals surface area contributed by atoms with Gasteiger partial charge in [0.15, 0.2) is 0 Å². The first-order valence-corrected chi connectivity index (χ1v) is 5.92. The first-order valence-electron chi connectivity index (χ1n) is 5.92. The van der Waals surface area contributed by atoms with Gasteiger partial charge in [0.2, 0.25) is 0 Å². The van der Waals surface area contributed by atoms with Crippen LogP contribution >= 0.6 is 0 Å². The number of hydrogen-bond donors (Lipinski definition) is 1. The van der Waals surface area contributed by atoms with E-state index in [1.807, 2.05) is 6.92 Å². The maximum atomic E-state index is 9.98. The number of aliphatic hydroxyl groups is 1. The van der Waals surface area contributed by atoms with Crippen molar-refractivity contribution in [1.82, 2.24) is 0 Å². The predicted octanol–water partition coefficient (Wildman–Crippen LogP) is 2.58. The summed E-state index contributed by atoms with van der Waals surface area (Å²) >= 11 is 0. The minimum absolute atomic E-state index is 0.0504. The van der Waals surface area contributed by atoms with Gasteiger partial charge in [-0.2, -0.15) is 0 Å². The van der Waals surface area contributed by atoms with E-state index in [9.17, 15) is 5.11 Å². The largest absolute Gasteiger partial charge is 0.393 e. The van der Waals surface area contributed by atoms with Crippen molar-refractivity contribution in [2.24, 2.45) is 23.2 Å². The number of rotatable bonds is 1. The molecule has 3 aliphatic rings. The minimum atomic E-state index is -0.0504. The van der Waals surface area contributed by atoms with Gasteiger partial charge in [-0.3, -0.25) is 0 Å². The summed E-state index contributed by atoms with van der Waals surface area (Å²) in [6.07, 6.45) is 8.32. The highest BCUT2D eigenvalue weighted by molar-refractivity contribution is 5.09. The second-order valence-electron chi connectivity index (χ2n) is 5.61. The Hall–Kier alpha value is -0.0400. The molecule has 3 saturated carbocycles. The van der Waals surface area contributed by atoms with Crippen LogP contribution in [-0.4, -0.2) is 11.2 Å². The second-order valence-corrected chi connectivity index (χ2v) is 5.61. The Morgan fingerprint density at radius 2 is 2.15 bits per heavy atom. The van der Waals surface area contributed by atoms with Gasteiger partial charge in [0, 0.05) is 0 Å². The monoisotopic (exact) mass is 180 g/mol. The molecule has 0 aliphatic heterocycles. The Morgan fingerprint density at radius 3 is 2.92 bits per heavy atom. The third-order valence-corrected chi connectivity index (χ3v) is 5.37. The van der Waals surface area contributed by atoms with E-state index in [2.05, 4.69) is 0 Å². The molecular formula is C12H20O. The molecule has 2 bridgehead atoms. The zero-order chi connectivity index (χ0) is 9.05. The van der Waals surface area contributed by atoms with Crippen molar-refractivity contribution in [3.8, 4) is 0 Å². The van der Waals surface area contributed by atoms with Gasteiger partial charge in [-0.1, -0.05) is 6.42 Å². The highest BCUT2D eigenvalue weighted by atomic mass is 16.3. The van der Waals surface area contributed by atoms with Gasteiger partial charge >= 0.3 is 0 Å². The van der Waals surface area contributed by atoms with Crippen molar-refractivity contribution in [1.29, 1.82) is 0 Å². The van der Waals surface area contributed by atoms with Gasteiger partial charge in [-0.15, -0.1) is 0 Å². The molecule has 0 saturated heterocycles. The van der Waals surface area contributed by atoms with E-state index in [1.165, 1.54) is 38.5 Å². The lowest BCUT2D eigenvalue weighted by atomic mass is 9.69. The van der Waals surface area contributed by atoms with Crippen LogP contribution in [0.4, 0.5) is 0 Å². The summed E-state index contributed by atoms with van der Waals surface area (Å²) in [5.74, 6) is 2.89. The zero-order valence-corrected chi connectivity index (χ0v) is 8.50. The van der Waals surface area contributed by atoms with Gasteiger partial charge in [-0.05, 0) is 62.2 Å². The van der Waals surface area contributed by atoms with Gasteiger partial charge in [0.1, 0.15) is 0 Å².